The SMILES string of the molecule is Fc1ccc(F)c(-c2nc3cnn(Cc4cc(-c5ccc(C(F)(F)F)cc5C(F)(F)F)no4)cc-3n2)c1. The van der Waals surface area contributed by atoms with Crippen LogP contribution in [0, 0.1) is 11.6 Å². The first-order chi connectivity index (χ1) is 17.4. The maximum atomic E-state index is 14.1. The largest absolute Gasteiger partial charge is 0.417 e. The fraction of sp³-hybridized carbons (Fsp3) is 0.130. The number of fused-ring (bicyclic) bond motifs is 1. The molecule has 14 heteroatoms. The van der Waals surface area contributed by atoms with E-state index in [9.17, 15) is 35.1 Å². The van der Waals surface area contributed by atoms with Crippen molar-refractivity contribution in [2.45, 2.75) is 18.9 Å². The monoisotopic (exact) mass is 525 g/mol. The first kappa shape index (κ1) is 24.3. The molecule has 6 nitrogen and oxygen atoms in total. The summed E-state index contributed by atoms with van der Waals surface area (Å²) in [6, 6.07) is 5.19. The number of aromatic nitrogens is 5. The van der Waals surface area contributed by atoms with E-state index in [2.05, 4.69) is 20.2 Å². The molecule has 3 aromatic rings. The smallest absolute Gasteiger partial charge is 0.359 e. The van der Waals surface area contributed by atoms with Gasteiger partial charge in [0, 0.05) is 11.6 Å². The van der Waals surface area contributed by atoms with Gasteiger partial charge in [-0.15, -0.1) is 0 Å². The van der Waals surface area contributed by atoms with Gasteiger partial charge in [-0.3, -0.25) is 4.68 Å². The Kier molecular flexibility index (Phi) is 5.68. The van der Waals surface area contributed by atoms with Gasteiger partial charge in [-0.1, -0.05) is 11.2 Å². The summed E-state index contributed by atoms with van der Waals surface area (Å²) in [6.45, 7) is -0.137. The van der Waals surface area contributed by atoms with Gasteiger partial charge in [0.2, 0.25) is 0 Å². The van der Waals surface area contributed by atoms with Crippen LogP contribution >= 0.6 is 0 Å². The number of nitrogens with zero attached hydrogens (tertiary/aromatic N) is 5. The van der Waals surface area contributed by atoms with Crippen LogP contribution in [-0.2, 0) is 18.9 Å². The zero-order valence-electron chi connectivity index (χ0n) is 18.1. The Morgan fingerprint density at radius 1 is 0.784 bits per heavy atom. The highest BCUT2D eigenvalue weighted by atomic mass is 19.4. The summed E-state index contributed by atoms with van der Waals surface area (Å²) in [4.78, 5) is 8.28. The quantitative estimate of drug-likeness (QED) is 0.252. The fourth-order valence-corrected chi connectivity index (χ4v) is 3.59. The lowest BCUT2D eigenvalue weighted by Gasteiger charge is -2.14. The standard InChI is InChI=1S/C23H11F8N5O/c24-12-2-4-17(25)15(6-12)21-33-19-8-32-36(10-20(19)34-21)9-13-7-18(35-37-13)14-3-1-11(22(26,27)28)5-16(14)23(29,30)31/h1-8,10H,9H2. The molecule has 0 unspecified atom stereocenters. The molecule has 0 N–H and O–H groups in total. The second-order valence-electron chi connectivity index (χ2n) is 7.85. The normalized spacial score (nSPS) is 12.4. The molecular formula is C23H11F8N5O. The van der Waals surface area contributed by atoms with Crippen molar-refractivity contribution in [2.24, 2.45) is 0 Å². The van der Waals surface area contributed by atoms with Crippen molar-refractivity contribution in [3.8, 4) is 34.0 Å². The molecule has 0 saturated heterocycles. The molecule has 0 bridgehead atoms. The lowest BCUT2D eigenvalue weighted by Crippen LogP contribution is -2.12. The average molecular weight is 525 g/mol. The van der Waals surface area contributed by atoms with Gasteiger partial charge >= 0.3 is 12.4 Å². The molecule has 2 aliphatic rings. The number of rotatable bonds is 4. The van der Waals surface area contributed by atoms with Crippen molar-refractivity contribution in [2.75, 3.05) is 0 Å². The van der Waals surface area contributed by atoms with E-state index >= 15 is 0 Å². The molecule has 0 radical (unpaired) electrons. The predicted octanol–water partition coefficient (Wildman–Crippen LogP) is 6.46. The van der Waals surface area contributed by atoms with E-state index in [1.165, 1.54) is 17.1 Å². The highest BCUT2D eigenvalue weighted by Crippen LogP contribution is 2.40. The predicted molar refractivity (Wildman–Crippen MR) is 111 cm³/mol. The minimum atomic E-state index is -5.08. The number of hydrogen-bond acceptors (Lipinski definition) is 5. The van der Waals surface area contributed by atoms with Crippen molar-refractivity contribution in [1.82, 2.24) is 24.9 Å². The first-order valence-electron chi connectivity index (χ1n) is 10.3. The summed E-state index contributed by atoms with van der Waals surface area (Å²) in [7, 11) is 0. The molecule has 2 aliphatic heterocycles. The van der Waals surface area contributed by atoms with Gasteiger partial charge in [0.25, 0.3) is 0 Å². The van der Waals surface area contributed by atoms with Crippen molar-refractivity contribution >= 4 is 0 Å². The van der Waals surface area contributed by atoms with Crippen LogP contribution in [0.25, 0.3) is 34.0 Å². The molecule has 37 heavy (non-hydrogen) atoms. The van der Waals surface area contributed by atoms with Crippen LogP contribution in [0.15, 0.2) is 59.4 Å². The lowest BCUT2D eigenvalue weighted by atomic mass is 10.0. The Morgan fingerprint density at radius 3 is 2.27 bits per heavy atom. The van der Waals surface area contributed by atoms with Gasteiger partial charge in [0.1, 0.15) is 35.3 Å². The Bertz CT molecular complexity index is 1570. The van der Waals surface area contributed by atoms with Crippen LogP contribution in [-0.4, -0.2) is 24.9 Å². The van der Waals surface area contributed by atoms with Crippen LogP contribution in [0.2, 0.25) is 0 Å². The van der Waals surface area contributed by atoms with E-state index in [-0.39, 0.29) is 46.8 Å². The summed E-state index contributed by atoms with van der Waals surface area (Å²) in [6.07, 6.45) is -7.35. The van der Waals surface area contributed by atoms with Crippen molar-refractivity contribution in [3.63, 3.8) is 0 Å². The molecule has 190 valence electrons. The van der Waals surface area contributed by atoms with Gasteiger partial charge in [-0.25, -0.2) is 18.7 Å². The molecule has 3 heterocycles. The van der Waals surface area contributed by atoms with Crippen molar-refractivity contribution in [3.05, 3.63) is 83.4 Å². The second kappa shape index (κ2) is 8.64. The van der Waals surface area contributed by atoms with E-state index in [4.69, 9.17) is 4.52 Å². The zero-order chi connectivity index (χ0) is 26.5. The molecule has 0 aliphatic carbocycles. The second-order valence-corrected chi connectivity index (χ2v) is 7.85. The third-order valence-electron chi connectivity index (χ3n) is 5.29. The van der Waals surface area contributed by atoms with Crippen LogP contribution in [0.5, 0.6) is 0 Å². The van der Waals surface area contributed by atoms with Crippen LogP contribution in [0.3, 0.4) is 0 Å². The zero-order valence-corrected chi connectivity index (χ0v) is 18.1. The molecule has 0 saturated carbocycles. The third-order valence-corrected chi connectivity index (χ3v) is 5.29. The number of benzene rings is 2. The van der Waals surface area contributed by atoms with Gasteiger partial charge in [-0.2, -0.15) is 31.4 Å². The van der Waals surface area contributed by atoms with E-state index in [0.717, 1.165) is 24.3 Å². The summed E-state index contributed by atoms with van der Waals surface area (Å²) in [5.41, 5.74) is -3.50. The minimum absolute atomic E-state index is 0.0149. The van der Waals surface area contributed by atoms with Gasteiger partial charge in [0.15, 0.2) is 11.6 Å². The number of imidazole rings is 1. The molecule has 5 rings (SSSR count). The van der Waals surface area contributed by atoms with E-state index in [1.807, 2.05) is 0 Å². The molecule has 0 spiro atoms. The Labute approximate surface area is 201 Å². The van der Waals surface area contributed by atoms with Crippen molar-refractivity contribution < 1.29 is 39.6 Å². The highest BCUT2D eigenvalue weighted by Gasteiger charge is 2.39. The average Bonchev–Trinajstić information content (AvgIpc) is 3.46. The molecular weight excluding hydrogens is 514 g/mol. The Morgan fingerprint density at radius 2 is 1.54 bits per heavy atom. The van der Waals surface area contributed by atoms with E-state index in [1.54, 1.807) is 0 Å². The molecule has 0 fully saturated rings. The number of alkyl halides is 6. The lowest BCUT2D eigenvalue weighted by molar-refractivity contribution is -0.142. The van der Waals surface area contributed by atoms with Gasteiger partial charge in [-0.05, 0) is 30.3 Å². The molecule has 0 atom stereocenters. The highest BCUT2D eigenvalue weighted by molar-refractivity contribution is 5.66. The van der Waals surface area contributed by atoms with Crippen LogP contribution in [0.1, 0.15) is 16.9 Å². The maximum absolute atomic E-state index is 14.1. The summed E-state index contributed by atoms with van der Waals surface area (Å²) in [5, 5.41) is 7.65. The fourth-order valence-electron chi connectivity index (χ4n) is 3.59. The third kappa shape index (κ3) is 4.86. The van der Waals surface area contributed by atoms with Crippen LogP contribution < -0.4 is 0 Å². The number of halogens is 8. The Balaban J connectivity index is 1.44. The molecule has 0 amide bonds. The number of hydrogen-bond donors (Lipinski definition) is 0. The first-order valence-corrected chi connectivity index (χ1v) is 10.3. The molecule has 2 aromatic carbocycles. The van der Waals surface area contributed by atoms with Crippen molar-refractivity contribution in [1.29, 1.82) is 0 Å². The minimum Gasteiger partial charge on any atom is -0.359 e. The maximum Gasteiger partial charge on any atom is 0.417 e. The van der Waals surface area contributed by atoms with Gasteiger partial charge < -0.3 is 4.52 Å². The molecule has 1 aromatic heterocycles. The van der Waals surface area contributed by atoms with E-state index in [0.29, 0.717) is 12.1 Å². The summed E-state index contributed by atoms with van der Waals surface area (Å²) in [5.74, 6) is -1.44. The topological polar surface area (TPSA) is 69.6 Å². The van der Waals surface area contributed by atoms with Gasteiger partial charge in [0.05, 0.1) is 29.1 Å². The summed E-state index contributed by atoms with van der Waals surface area (Å²) < 4.78 is 113. The van der Waals surface area contributed by atoms with Crippen LogP contribution in [0.4, 0.5) is 35.1 Å². The summed E-state index contributed by atoms with van der Waals surface area (Å²) >= 11 is 0. The van der Waals surface area contributed by atoms with E-state index < -0.39 is 40.7 Å². The Hall–Kier alpha value is -4.36.